The van der Waals surface area contributed by atoms with Gasteiger partial charge in [-0.1, -0.05) is 11.6 Å². The van der Waals surface area contributed by atoms with Gasteiger partial charge in [-0.05, 0) is 24.6 Å². The lowest BCUT2D eigenvalue weighted by Gasteiger charge is -2.18. The number of benzene rings is 1. The van der Waals surface area contributed by atoms with Gasteiger partial charge in [0.05, 0.1) is 22.2 Å². The van der Waals surface area contributed by atoms with E-state index in [0.29, 0.717) is 24.3 Å². The minimum Gasteiger partial charge on any atom is -0.456 e. The number of halogens is 1. The number of nitrogens with one attached hydrogen (secondary N) is 1. The number of amides is 1. The minimum absolute atomic E-state index is 0.117. The van der Waals surface area contributed by atoms with E-state index in [0.717, 1.165) is 0 Å². The smallest absolute Gasteiger partial charge is 0.303 e. The molecule has 0 radical (unpaired) electrons. The van der Waals surface area contributed by atoms with Crippen molar-refractivity contribution in [2.75, 3.05) is 28.5 Å². The van der Waals surface area contributed by atoms with Crippen LogP contribution < -0.4 is 9.62 Å². The van der Waals surface area contributed by atoms with E-state index >= 15 is 0 Å². The van der Waals surface area contributed by atoms with Crippen LogP contribution in [0.1, 0.15) is 13.3 Å². The number of carbonyl (C=O) groups excluding carboxylic acids is 2. The molecule has 7 nitrogen and oxygen atoms in total. The molecule has 1 amide bonds. The summed E-state index contributed by atoms with van der Waals surface area (Å²) in [6.45, 7) is 1.20. The van der Waals surface area contributed by atoms with E-state index in [9.17, 15) is 18.0 Å². The molecule has 0 spiro atoms. The highest BCUT2D eigenvalue weighted by molar-refractivity contribution is 7.93. The van der Waals surface area contributed by atoms with Crippen LogP contribution in [0.4, 0.5) is 11.4 Å². The number of rotatable bonds is 4. The van der Waals surface area contributed by atoms with Crippen molar-refractivity contribution >= 4 is 44.9 Å². The van der Waals surface area contributed by atoms with Crippen LogP contribution in [0, 0.1) is 0 Å². The van der Waals surface area contributed by atoms with Crippen LogP contribution in [0.5, 0.6) is 0 Å². The average Bonchev–Trinajstić information content (AvgIpc) is 2.78. The first kappa shape index (κ1) is 16.6. The van der Waals surface area contributed by atoms with Gasteiger partial charge in [0.2, 0.25) is 10.0 Å². The topological polar surface area (TPSA) is 92.8 Å². The van der Waals surface area contributed by atoms with E-state index in [4.69, 9.17) is 11.6 Å². The van der Waals surface area contributed by atoms with E-state index in [1.54, 1.807) is 6.07 Å². The maximum absolute atomic E-state index is 11.8. The molecular weight excluding hydrogens is 332 g/mol. The number of anilines is 2. The van der Waals surface area contributed by atoms with Crippen molar-refractivity contribution in [3.63, 3.8) is 0 Å². The predicted octanol–water partition coefficient (Wildman–Crippen LogP) is 1.38. The number of ether oxygens (including phenoxy) is 1. The second kappa shape index (κ2) is 6.53. The van der Waals surface area contributed by atoms with Crippen LogP contribution in [0.2, 0.25) is 5.02 Å². The number of hydrogen-bond acceptors (Lipinski definition) is 5. The summed E-state index contributed by atoms with van der Waals surface area (Å²) in [6, 6.07) is 4.55. The largest absolute Gasteiger partial charge is 0.456 e. The lowest BCUT2D eigenvalue weighted by Crippen LogP contribution is -2.25. The Kier molecular flexibility index (Phi) is 4.92. The fraction of sp³-hybridized carbons (Fsp3) is 0.385. The molecule has 1 heterocycles. The molecule has 0 saturated carbocycles. The molecule has 2 rings (SSSR count). The number of carbonyl (C=O) groups is 2. The van der Waals surface area contributed by atoms with Gasteiger partial charge >= 0.3 is 5.97 Å². The third-order valence-electron chi connectivity index (χ3n) is 3.02. The molecule has 0 atom stereocenters. The van der Waals surface area contributed by atoms with Crippen molar-refractivity contribution in [3.05, 3.63) is 23.2 Å². The van der Waals surface area contributed by atoms with Crippen LogP contribution in [-0.4, -0.2) is 39.2 Å². The Hall–Kier alpha value is -1.80. The summed E-state index contributed by atoms with van der Waals surface area (Å²) in [5.41, 5.74) is 0.777. The summed E-state index contributed by atoms with van der Waals surface area (Å²) < 4.78 is 29.6. The molecule has 1 fully saturated rings. The second-order valence-corrected chi connectivity index (χ2v) is 7.15. The molecule has 1 aromatic carbocycles. The van der Waals surface area contributed by atoms with Gasteiger partial charge in [-0.15, -0.1) is 0 Å². The summed E-state index contributed by atoms with van der Waals surface area (Å²) in [4.78, 5) is 22.2. The van der Waals surface area contributed by atoms with E-state index in [2.05, 4.69) is 10.1 Å². The Morgan fingerprint density at radius 3 is 2.68 bits per heavy atom. The average molecular weight is 347 g/mol. The van der Waals surface area contributed by atoms with Crippen molar-refractivity contribution in [2.45, 2.75) is 13.3 Å². The lowest BCUT2D eigenvalue weighted by atomic mass is 10.2. The Morgan fingerprint density at radius 1 is 1.41 bits per heavy atom. The fourth-order valence-electron chi connectivity index (χ4n) is 2.04. The number of hydrogen-bond donors (Lipinski definition) is 1. The first-order valence-corrected chi connectivity index (χ1v) is 8.51. The zero-order valence-electron chi connectivity index (χ0n) is 11.8. The summed E-state index contributed by atoms with van der Waals surface area (Å²) >= 11 is 6.06. The van der Waals surface area contributed by atoms with Gasteiger partial charge in [-0.3, -0.25) is 13.9 Å². The zero-order chi connectivity index (χ0) is 16.3. The standard InChI is InChI=1S/C13H15ClN2O5S/c1-9(17)21-8-13(18)15-12-4-3-10(7-11(12)14)16-5-2-6-22(16,19)20/h3-4,7H,2,5-6,8H2,1H3,(H,15,18). The van der Waals surface area contributed by atoms with Crippen LogP contribution >= 0.6 is 11.6 Å². The molecule has 22 heavy (non-hydrogen) atoms. The van der Waals surface area contributed by atoms with Gasteiger partial charge in [0.1, 0.15) is 0 Å². The van der Waals surface area contributed by atoms with E-state index in [-0.39, 0.29) is 10.8 Å². The maximum Gasteiger partial charge on any atom is 0.303 e. The molecule has 0 bridgehead atoms. The quantitative estimate of drug-likeness (QED) is 0.831. The highest BCUT2D eigenvalue weighted by Crippen LogP contribution is 2.31. The van der Waals surface area contributed by atoms with Crippen LogP contribution in [0.25, 0.3) is 0 Å². The summed E-state index contributed by atoms with van der Waals surface area (Å²) in [5.74, 6) is -0.972. The molecule has 0 aliphatic carbocycles. The number of esters is 1. The highest BCUT2D eigenvalue weighted by Gasteiger charge is 2.28. The first-order valence-electron chi connectivity index (χ1n) is 6.53. The summed E-state index contributed by atoms with van der Waals surface area (Å²) in [5, 5.41) is 2.69. The van der Waals surface area contributed by atoms with Crippen LogP contribution in [0.15, 0.2) is 18.2 Å². The van der Waals surface area contributed by atoms with Crippen molar-refractivity contribution in [2.24, 2.45) is 0 Å². The molecule has 1 saturated heterocycles. The summed E-state index contributed by atoms with van der Waals surface area (Å²) in [6.07, 6.45) is 0.570. The second-order valence-electron chi connectivity index (χ2n) is 4.73. The molecule has 1 aliphatic heterocycles. The fourth-order valence-corrected chi connectivity index (χ4v) is 3.82. The molecule has 1 aromatic rings. The Balaban J connectivity index is 2.10. The third kappa shape index (κ3) is 3.89. The predicted molar refractivity (Wildman–Crippen MR) is 82.5 cm³/mol. The van der Waals surface area contributed by atoms with Crippen molar-refractivity contribution in [1.82, 2.24) is 0 Å². The van der Waals surface area contributed by atoms with E-state index in [1.165, 1.54) is 23.4 Å². The van der Waals surface area contributed by atoms with Crippen LogP contribution in [0.3, 0.4) is 0 Å². The molecular formula is C13H15ClN2O5S. The number of nitrogens with zero attached hydrogens (tertiary/aromatic N) is 1. The van der Waals surface area contributed by atoms with Gasteiger partial charge in [-0.25, -0.2) is 8.42 Å². The highest BCUT2D eigenvalue weighted by atomic mass is 35.5. The first-order chi connectivity index (χ1) is 10.3. The monoisotopic (exact) mass is 346 g/mol. The molecule has 9 heteroatoms. The van der Waals surface area contributed by atoms with E-state index < -0.39 is 28.5 Å². The Bertz CT molecular complexity index is 704. The molecule has 120 valence electrons. The summed E-state index contributed by atoms with van der Waals surface area (Å²) in [7, 11) is -3.28. The van der Waals surface area contributed by atoms with Gasteiger partial charge < -0.3 is 10.1 Å². The van der Waals surface area contributed by atoms with Gasteiger partial charge in [0.25, 0.3) is 5.91 Å². The molecule has 0 unspecified atom stereocenters. The van der Waals surface area contributed by atoms with E-state index in [1.807, 2.05) is 0 Å². The Labute approximate surface area is 133 Å². The molecule has 1 aliphatic rings. The van der Waals surface area contributed by atoms with Crippen molar-refractivity contribution in [1.29, 1.82) is 0 Å². The SMILES string of the molecule is CC(=O)OCC(=O)Nc1ccc(N2CCCS2(=O)=O)cc1Cl. The molecule has 0 aromatic heterocycles. The van der Waals surface area contributed by atoms with Crippen molar-refractivity contribution < 1.29 is 22.7 Å². The molecule has 1 N–H and O–H groups in total. The number of sulfonamides is 1. The van der Waals surface area contributed by atoms with Gasteiger partial charge in [0, 0.05) is 13.5 Å². The third-order valence-corrected chi connectivity index (χ3v) is 5.20. The zero-order valence-corrected chi connectivity index (χ0v) is 13.4. The lowest BCUT2D eigenvalue weighted by molar-refractivity contribution is -0.144. The van der Waals surface area contributed by atoms with Crippen molar-refractivity contribution in [3.8, 4) is 0 Å². The van der Waals surface area contributed by atoms with Crippen LogP contribution in [-0.2, 0) is 24.3 Å². The van der Waals surface area contributed by atoms with Gasteiger partial charge in [-0.2, -0.15) is 0 Å². The maximum atomic E-state index is 11.8. The minimum atomic E-state index is -3.28. The van der Waals surface area contributed by atoms with Gasteiger partial charge in [0.15, 0.2) is 6.61 Å². The normalized spacial score (nSPS) is 16.4. The Morgan fingerprint density at radius 2 is 2.14 bits per heavy atom.